The Morgan fingerprint density at radius 2 is 2.05 bits per heavy atom. The Balaban J connectivity index is 1.58. The van der Waals surface area contributed by atoms with Gasteiger partial charge < -0.3 is 10.6 Å². The Morgan fingerprint density at radius 3 is 2.85 bits per heavy atom. The minimum Gasteiger partial charge on any atom is -0.352 e. The summed E-state index contributed by atoms with van der Waals surface area (Å²) in [7, 11) is 0. The van der Waals surface area contributed by atoms with Gasteiger partial charge in [-0.1, -0.05) is 18.2 Å². The van der Waals surface area contributed by atoms with Gasteiger partial charge in [0.05, 0.1) is 6.42 Å². The summed E-state index contributed by atoms with van der Waals surface area (Å²) in [5.74, 6) is 0.162. The molecular weight excluding hydrogens is 248 g/mol. The molecule has 1 aliphatic carbocycles. The van der Waals surface area contributed by atoms with Crippen molar-refractivity contribution in [1.82, 2.24) is 10.6 Å². The minimum absolute atomic E-state index is 0.162. The zero-order valence-corrected chi connectivity index (χ0v) is 12.1. The van der Waals surface area contributed by atoms with E-state index in [-0.39, 0.29) is 5.91 Å². The van der Waals surface area contributed by atoms with Crippen molar-refractivity contribution in [3.05, 3.63) is 34.9 Å². The van der Waals surface area contributed by atoms with Crippen molar-refractivity contribution >= 4 is 5.91 Å². The highest BCUT2D eigenvalue weighted by Crippen LogP contribution is 2.22. The van der Waals surface area contributed by atoms with E-state index in [0.29, 0.717) is 12.5 Å². The van der Waals surface area contributed by atoms with Crippen LogP contribution in [0.15, 0.2) is 18.2 Å². The average Bonchev–Trinajstić information content (AvgIpc) is 2.48. The van der Waals surface area contributed by atoms with Gasteiger partial charge in [-0.25, -0.2) is 0 Å². The first-order valence-corrected chi connectivity index (χ1v) is 7.92. The number of benzene rings is 1. The predicted molar refractivity (Wildman–Crippen MR) is 80.8 cm³/mol. The molecule has 20 heavy (non-hydrogen) atoms. The Bertz CT molecular complexity index is 478. The molecule has 1 aromatic carbocycles. The number of aryl methyl sites for hydroxylation is 2. The number of nitrogens with one attached hydrogen (secondary N) is 2. The Kier molecular flexibility index (Phi) is 4.36. The molecule has 0 radical (unpaired) electrons. The molecular formula is C17H24N2O. The van der Waals surface area contributed by atoms with Gasteiger partial charge in [-0.2, -0.15) is 0 Å². The van der Waals surface area contributed by atoms with Crippen LogP contribution in [0.5, 0.6) is 0 Å². The number of rotatable bonds is 3. The molecule has 0 aromatic heterocycles. The summed E-state index contributed by atoms with van der Waals surface area (Å²) in [6.45, 7) is 1.99. The first kappa shape index (κ1) is 13.6. The van der Waals surface area contributed by atoms with Crippen LogP contribution in [0.1, 0.15) is 42.4 Å². The first-order valence-electron chi connectivity index (χ1n) is 7.92. The first-order chi connectivity index (χ1) is 9.81. The second-order valence-electron chi connectivity index (χ2n) is 6.10. The normalized spacial score (nSPS) is 22.1. The standard InChI is InChI=1S/C17H24N2O/c20-17(19-16-6-3-9-18-12-16)11-13-7-8-14-4-1-2-5-15(14)10-13/h7-8,10,16,18H,1-6,9,11-12H2,(H,19,20)/t16-/m0/s1. The predicted octanol–water partition coefficient (Wildman–Crippen LogP) is 1.98. The van der Waals surface area contributed by atoms with Crippen LogP contribution in [-0.2, 0) is 24.1 Å². The summed E-state index contributed by atoms with van der Waals surface area (Å²) in [6.07, 6.45) is 7.75. The maximum atomic E-state index is 12.1. The number of carbonyl (C=O) groups is 1. The van der Waals surface area contributed by atoms with Crippen LogP contribution < -0.4 is 10.6 Å². The van der Waals surface area contributed by atoms with E-state index in [1.54, 1.807) is 0 Å². The van der Waals surface area contributed by atoms with Gasteiger partial charge in [0.1, 0.15) is 0 Å². The monoisotopic (exact) mass is 272 g/mol. The van der Waals surface area contributed by atoms with Crippen molar-refractivity contribution < 1.29 is 4.79 Å². The minimum atomic E-state index is 0.162. The van der Waals surface area contributed by atoms with Crippen LogP contribution in [0, 0.1) is 0 Å². The fraction of sp³-hybridized carbons (Fsp3) is 0.588. The third kappa shape index (κ3) is 3.40. The van der Waals surface area contributed by atoms with Crippen molar-refractivity contribution in [1.29, 1.82) is 0 Å². The topological polar surface area (TPSA) is 41.1 Å². The molecule has 3 nitrogen and oxygen atoms in total. The number of piperidine rings is 1. The molecule has 2 N–H and O–H groups in total. The van der Waals surface area contributed by atoms with Gasteiger partial charge in [0.15, 0.2) is 0 Å². The Morgan fingerprint density at radius 1 is 1.20 bits per heavy atom. The van der Waals surface area contributed by atoms with Gasteiger partial charge >= 0.3 is 0 Å². The molecule has 3 rings (SSSR count). The number of amides is 1. The average molecular weight is 272 g/mol. The zero-order valence-electron chi connectivity index (χ0n) is 12.1. The van der Waals surface area contributed by atoms with Crippen LogP contribution in [-0.4, -0.2) is 25.0 Å². The molecule has 2 aliphatic rings. The second kappa shape index (κ2) is 6.40. The molecule has 0 spiro atoms. The number of carbonyl (C=O) groups excluding carboxylic acids is 1. The van der Waals surface area contributed by atoms with Crippen LogP contribution in [0.25, 0.3) is 0 Å². The summed E-state index contributed by atoms with van der Waals surface area (Å²) >= 11 is 0. The number of hydrogen-bond acceptors (Lipinski definition) is 2. The fourth-order valence-corrected chi connectivity index (χ4v) is 3.34. The highest BCUT2D eigenvalue weighted by Gasteiger charge is 2.16. The molecule has 0 bridgehead atoms. The van der Waals surface area contributed by atoms with Crippen molar-refractivity contribution in [2.75, 3.05) is 13.1 Å². The largest absolute Gasteiger partial charge is 0.352 e. The molecule has 108 valence electrons. The van der Waals surface area contributed by atoms with E-state index in [1.165, 1.54) is 36.8 Å². The van der Waals surface area contributed by atoms with Crippen LogP contribution >= 0.6 is 0 Å². The molecule has 1 amide bonds. The van der Waals surface area contributed by atoms with Crippen LogP contribution in [0.3, 0.4) is 0 Å². The Hall–Kier alpha value is -1.35. The highest BCUT2D eigenvalue weighted by molar-refractivity contribution is 5.79. The van der Waals surface area contributed by atoms with Crippen molar-refractivity contribution in [2.24, 2.45) is 0 Å². The van der Waals surface area contributed by atoms with Crippen LogP contribution in [0.4, 0.5) is 0 Å². The summed E-state index contributed by atoms with van der Waals surface area (Å²) < 4.78 is 0. The van der Waals surface area contributed by atoms with Gasteiger partial charge in [0.2, 0.25) is 5.91 Å². The van der Waals surface area contributed by atoms with E-state index in [1.807, 2.05) is 0 Å². The summed E-state index contributed by atoms with van der Waals surface area (Å²) in [6, 6.07) is 6.91. The lowest BCUT2D eigenvalue weighted by atomic mass is 9.90. The molecule has 0 unspecified atom stereocenters. The zero-order chi connectivity index (χ0) is 13.8. The third-order valence-corrected chi connectivity index (χ3v) is 4.44. The lowest BCUT2D eigenvalue weighted by Crippen LogP contribution is -2.46. The number of fused-ring (bicyclic) bond motifs is 1. The molecule has 1 aliphatic heterocycles. The fourth-order valence-electron chi connectivity index (χ4n) is 3.34. The molecule has 1 atom stereocenters. The van der Waals surface area contributed by atoms with E-state index in [2.05, 4.69) is 28.8 Å². The van der Waals surface area contributed by atoms with Gasteiger partial charge in [-0.05, 0) is 61.8 Å². The quantitative estimate of drug-likeness (QED) is 0.883. The van der Waals surface area contributed by atoms with E-state index in [4.69, 9.17) is 0 Å². The maximum Gasteiger partial charge on any atom is 0.224 e. The van der Waals surface area contributed by atoms with E-state index < -0.39 is 0 Å². The summed E-state index contributed by atoms with van der Waals surface area (Å²) in [5.41, 5.74) is 4.10. The van der Waals surface area contributed by atoms with Crippen molar-refractivity contribution in [3.63, 3.8) is 0 Å². The van der Waals surface area contributed by atoms with E-state index >= 15 is 0 Å². The Labute approximate surface area is 121 Å². The molecule has 0 saturated carbocycles. The highest BCUT2D eigenvalue weighted by atomic mass is 16.1. The third-order valence-electron chi connectivity index (χ3n) is 4.44. The van der Waals surface area contributed by atoms with Crippen LogP contribution in [0.2, 0.25) is 0 Å². The lowest BCUT2D eigenvalue weighted by molar-refractivity contribution is -0.121. The maximum absolute atomic E-state index is 12.1. The van der Waals surface area contributed by atoms with Gasteiger partial charge in [0, 0.05) is 12.6 Å². The van der Waals surface area contributed by atoms with Crippen molar-refractivity contribution in [2.45, 2.75) is 51.0 Å². The lowest BCUT2D eigenvalue weighted by Gasteiger charge is -2.24. The summed E-state index contributed by atoms with van der Waals surface area (Å²) in [5, 5.41) is 6.48. The van der Waals surface area contributed by atoms with Gasteiger partial charge in [-0.15, -0.1) is 0 Å². The van der Waals surface area contributed by atoms with Gasteiger partial charge in [0.25, 0.3) is 0 Å². The molecule has 1 saturated heterocycles. The number of hydrogen-bond donors (Lipinski definition) is 2. The molecule has 1 heterocycles. The van der Waals surface area contributed by atoms with E-state index in [0.717, 1.165) is 31.5 Å². The molecule has 3 heteroatoms. The SMILES string of the molecule is O=C(Cc1ccc2c(c1)CCCC2)N[C@H]1CCCNC1. The summed E-state index contributed by atoms with van der Waals surface area (Å²) in [4.78, 5) is 12.1. The van der Waals surface area contributed by atoms with Crippen molar-refractivity contribution in [3.8, 4) is 0 Å². The smallest absolute Gasteiger partial charge is 0.224 e. The molecule has 1 aromatic rings. The molecule has 1 fully saturated rings. The van der Waals surface area contributed by atoms with E-state index in [9.17, 15) is 4.79 Å². The van der Waals surface area contributed by atoms with Gasteiger partial charge in [-0.3, -0.25) is 4.79 Å². The second-order valence-corrected chi connectivity index (χ2v) is 6.10.